The topological polar surface area (TPSA) is 114 Å². The van der Waals surface area contributed by atoms with Gasteiger partial charge in [0, 0.05) is 54.2 Å². The molecule has 2 aromatic heterocycles. The molecule has 0 spiro atoms. The normalized spacial score (nSPS) is 17.1. The van der Waals surface area contributed by atoms with Gasteiger partial charge in [-0.15, -0.1) is 0 Å². The standard InChI is InChI=1S/C40H47N5O4S/c1-26(35(46)23-27-14-16-28(17-15-27)36(47)25-40(2,3)4)44(6)39(49)45-34-24-30(50-37-13-8-7-12-32(37)38(48)41-5)19-20-31(34)33(43-45)21-18-29-11-9-10-22-42-29/h7-13,18-22,24,26-28H,14-17,23,25H2,1-6H3,(H,41,48)/b21-18+/t26-,27?,28?/m0/s1. The summed E-state index contributed by atoms with van der Waals surface area (Å²) in [6.45, 7) is 8.04. The Hall–Kier alpha value is -4.57. The summed E-state index contributed by atoms with van der Waals surface area (Å²) >= 11 is 1.43. The van der Waals surface area contributed by atoms with E-state index in [9.17, 15) is 19.2 Å². The van der Waals surface area contributed by atoms with Crippen LogP contribution in [0.1, 0.15) is 88.0 Å². The third-order valence-electron chi connectivity index (χ3n) is 9.39. The molecule has 1 saturated carbocycles. The van der Waals surface area contributed by atoms with Crippen molar-refractivity contribution in [1.29, 1.82) is 0 Å². The molecule has 0 aliphatic heterocycles. The van der Waals surface area contributed by atoms with Gasteiger partial charge in [0.2, 0.25) is 0 Å². The Labute approximate surface area is 298 Å². The molecule has 0 unspecified atom stereocenters. The van der Waals surface area contributed by atoms with Crippen LogP contribution in [0.4, 0.5) is 4.79 Å². The molecular formula is C40H47N5O4S. The van der Waals surface area contributed by atoms with Crippen molar-refractivity contribution in [3.05, 3.63) is 83.8 Å². The van der Waals surface area contributed by atoms with Gasteiger partial charge in [0.05, 0.1) is 28.5 Å². The molecule has 10 heteroatoms. The van der Waals surface area contributed by atoms with Crippen LogP contribution in [0.3, 0.4) is 0 Å². The fourth-order valence-corrected chi connectivity index (χ4v) is 7.41. The number of aromatic nitrogens is 3. The smallest absolute Gasteiger partial charge is 0.345 e. The van der Waals surface area contributed by atoms with Gasteiger partial charge in [0.15, 0.2) is 5.78 Å². The maximum absolute atomic E-state index is 14.1. The largest absolute Gasteiger partial charge is 0.355 e. The first-order chi connectivity index (χ1) is 23.8. The minimum absolute atomic E-state index is 0.000830. The van der Waals surface area contributed by atoms with Gasteiger partial charge in [-0.25, -0.2) is 4.79 Å². The number of carbonyl (C=O) groups is 4. The SMILES string of the molecule is CNC(=O)c1ccccc1Sc1ccc2c(/C=C/c3ccccn3)nn(C(=O)N(C)[C@@H](C)C(=O)CC3CCC(C(=O)CC(C)(C)C)CC3)c2c1. The van der Waals surface area contributed by atoms with Crippen LogP contribution in [0.15, 0.2) is 76.7 Å². The van der Waals surface area contributed by atoms with Crippen LogP contribution in [-0.2, 0) is 9.59 Å². The molecule has 262 valence electrons. The van der Waals surface area contributed by atoms with E-state index in [-0.39, 0.29) is 28.9 Å². The number of pyridine rings is 1. The highest BCUT2D eigenvalue weighted by Gasteiger charge is 2.32. The first-order valence-electron chi connectivity index (χ1n) is 17.3. The molecule has 0 radical (unpaired) electrons. The fourth-order valence-electron chi connectivity index (χ4n) is 6.44. The Bertz CT molecular complexity index is 1890. The molecule has 2 heterocycles. The number of fused-ring (bicyclic) bond motifs is 1. The third-order valence-corrected chi connectivity index (χ3v) is 10.5. The van der Waals surface area contributed by atoms with Crippen LogP contribution in [-0.4, -0.2) is 63.3 Å². The number of hydrogen-bond donors (Lipinski definition) is 1. The van der Waals surface area contributed by atoms with E-state index in [1.165, 1.54) is 21.3 Å². The van der Waals surface area contributed by atoms with Gasteiger partial charge in [0.25, 0.3) is 5.91 Å². The van der Waals surface area contributed by atoms with Gasteiger partial charge >= 0.3 is 6.03 Å². The molecule has 5 rings (SSSR count). The summed E-state index contributed by atoms with van der Waals surface area (Å²) in [5, 5.41) is 8.19. The first-order valence-corrected chi connectivity index (χ1v) is 18.1. The lowest BCUT2D eigenvalue weighted by atomic mass is 9.75. The third kappa shape index (κ3) is 8.96. The van der Waals surface area contributed by atoms with Crippen LogP contribution < -0.4 is 5.32 Å². The summed E-state index contributed by atoms with van der Waals surface area (Å²) in [6, 6.07) is 17.7. The van der Waals surface area contributed by atoms with Crippen molar-refractivity contribution in [1.82, 2.24) is 25.0 Å². The molecule has 0 saturated heterocycles. The average molecular weight is 694 g/mol. The van der Waals surface area contributed by atoms with Crippen LogP contribution in [0, 0.1) is 17.3 Å². The zero-order valence-corrected chi connectivity index (χ0v) is 30.6. The van der Waals surface area contributed by atoms with E-state index in [2.05, 4.69) is 31.1 Å². The molecule has 2 amide bonds. The molecule has 1 aliphatic carbocycles. The number of hydrogen-bond acceptors (Lipinski definition) is 7. The van der Waals surface area contributed by atoms with Gasteiger partial charge in [-0.2, -0.15) is 9.78 Å². The lowest BCUT2D eigenvalue weighted by Crippen LogP contribution is -2.43. The minimum atomic E-state index is -0.661. The van der Waals surface area contributed by atoms with E-state index in [1.807, 2.05) is 66.7 Å². The van der Waals surface area contributed by atoms with Gasteiger partial charge in [0.1, 0.15) is 5.78 Å². The summed E-state index contributed by atoms with van der Waals surface area (Å²) in [6.07, 6.45) is 9.67. The van der Waals surface area contributed by atoms with Gasteiger partial charge in [-0.05, 0) is 98.6 Å². The number of ketones is 2. The second-order valence-electron chi connectivity index (χ2n) is 14.4. The van der Waals surface area contributed by atoms with Gasteiger partial charge in [-0.3, -0.25) is 19.4 Å². The summed E-state index contributed by atoms with van der Waals surface area (Å²) in [7, 11) is 3.24. The number of nitrogens with one attached hydrogen (secondary N) is 1. The van der Waals surface area contributed by atoms with Crippen LogP contribution in [0.5, 0.6) is 0 Å². The van der Waals surface area contributed by atoms with E-state index in [4.69, 9.17) is 5.10 Å². The zero-order chi connectivity index (χ0) is 36.0. The van der Waals surface area contributed by atoms with Crippen LogP contribution in [0.2, 0.25) is 0 Å². The van der Waals surface area contributed by atoms with Crippen molar-refractivity contribution in [2.45, 2.75) is 82.1 Å². The number of likely N-dealkylation sites (N-methyl/N-ethyl adjacent to an activating group) is 1. The number of benzene rings is 2. The minimum Gasteiger partial charge on any atom is -0.355 e. The highest BCUT2D eigenvalue weighted by atomic mass is 32.2. The predicted octanol–water partition coefficient (Wildman–Crippen LogP) is 8.17. The molecule has 2 aromatic carbocycles. The lowest BCUT2D eigenvalue weighted by molar-refractivity contribution is -0.126. The van der Waals surface area contributed by atoms with Crippen molar-refractivity contribution in [2.75, 3.05) is 14.1 Å². The molecule has 50 heavy (non-hydrogen) atoms. The average Bonchev–Trinajstić information content (AvgIpc) is 3.47. The number of nitrogens with zero attached hydrogens (tertiary/aromatic N) is 4. The van der Waals surface area contributed by atoms with E-state index in [0.717, 1.165) is 46.6 Å². The maximum atomic E-state index is 14.1. The summed E-state index contributed by atoms with van der Waals surface area (Å²) < 4.78 is 1.36. The van der Waals surface area contributed by atoms with Crippen molar-refractivity contribution >= 4 is 58.3 Å². The van der Waals surface area contributed by atoms with Crippen molar-refractivity contribution in [3.8, 4) is 0 Å². The molecule has 1 fully saturated rings. The number of rotatable bonds is 11. The second-order valence-corrected chi connectivity index (χ2v) is 15.5. The second kappa shape index (κ2) is 16.0. The van der Waals surface area contributed by atoms with Crippen LogP contribution >= 0.6 is 11.8 Å². The quantitative estimate of drug-likeness (QED) is 0.169. The highest BCUT2D eigenvalue weighted by Crippen LogP contribution is 2.36. The molecule has 0 bridgehead atoms. The molecule has 9 nitrogen and oxygen atoms in total. The molecule has 1 atom stereocenters. The van der Waals surface area contributed by atoms with E-state index in [1.54, 1.807) is 33.3 Å². The summed E-state index contributed by atoms with van der Waals surface area (Å²) in [5.74, 6) is 0.437. The van der Waals surface area contributed by atoms with E-state index >= 15 is 0 Å². The fraction of sp³-hybridized carbons (Fsp3) is 0.400. The Balaban J connectivity index is 1.36. The highest BCUT2D eigenvalue weighted by molar-refractivity contribution is 7.99. The molecule has 1 aliphatic rings. The summed E-state index contributed by atoms with van der Waals surface area (Å²) in [4.78, 5) is 60.4. The number of carbonyl (C=O) groups excluding carboxylic acids is 4. The van der Waals surface area contributed by atoms with Gasteiger partial charge in [-0.1, -0.05) is 50.7 Å². The molecule has 4 aromatic rings. The Morgan fingerprint density at radius 2 is 1.72 bits per heavy atom. The lowest BCUT2D eigenvalue weighted by Gasteiger charge is -2.30. The van der Waals surface area contributed by atoms with Crippen molar-refractivity contribution in [2.24, 2.45) is 17.3 Å². The Morgan fingerprint density at radius 3 is 2.40 bits per heavy atom. The predicted molar refractivity (Wildman–Crippen MR) is 199 cm³/mol. The molecular weight excluding hydrogens is 647 g/mol. The van der Waals surface area contributed by atoms with E-state index < -0.39 is 12.1 Å². The monoisotopic (exact) mass is 693 g/mol. The Kier molecular flexibility index (Phi) is 11.7. The molecule has 1 N–H and O–H groups in total. The number of Topliss-reactive ketones (excluding diaryl/α,β-unsaturated/α-hetero) is 2. The van der Waals surface area contributed by atoms with Crippen molar-refractivity contribution in [3.63, 3.8) is 0 Å². The summed E-state index contributed by atoms with van der Waals surface area (Å²) in [5.41, 5.74) is 2.46. The van der Waals surface area contributed by atoms with Crippen LogP contribution in [0.25, 0.3) is 23.1 Å². The van der Waals surface area contributed by atoms with Gasteiger partial charge < -0.3 is 10.2 Å². The zero-order valence-electron chi connectivity index (χ0n) is 29.8. The van der Waals surface area contributed by atoms with E-state index in [0.29, 0.717) is 35.4 Å². The Morgan fingerprint density at radius 1 is 1.00 bits per heavy atom. The number of amides is 2. The first kappa shape index (κ1) is 36.7. The van der Waals surface area contributed by atoms with Crippen molar-refractivity contribution < 1.29 is 19.2 Å². The maximum Gasteiger partial charge on any atom is 0.345 e.